The Hall–Kier alpha value is -4.19. The maximum atomic E-state index is 13.4. The topological polar surface area (TPSA) is 128 Å². The fourth-order valence-electron chi connectivity index (χ4n) is 5.32. The molecular weight excluding hydrogens is 592 g/mol. The number of pyridine rings is 1. The number of amides is 2. The van der Waals surface area contributed by atoms with E-state index in [2.05, 4.69) is 9.88 Å². The van der Waals surface area contributed by atoms with Gasteiger partial charge in [0.15, 0.2) is 12.4 Å². The summed E-state index contributed by atoms with van der Waals surface area (Å²) in [6, 6.07) is 8.62. The molecule has 2 saturated heterocycles. The number of hydrogen-bond acceptors (Lipinski definition) is 10. The maximum Gasteiger partial charge on any atom is 0.410 e. The number of Topliss-reactive ketones (excluding diaryl/α,β-unsaturated/α-hetero) is 1. The predicted molar refractivity (Wildman–Crippen MR) is 170 cm³/mol. The van der Waals surface area contributed by atoms with Crippen LogP contribution in [0.1, 0.15) is 70.3 Å². The van der Waals surface area contributed by atoms with E-state index >= 15 is 0 Å². The summed E-state index contributed by atoms with van der Waals surface area (Å²) in [6.07, 6.45) is 4.43. The standard InChI is InChI=1S/C34H46N4O8/c1-33(2,3)45-31(41)23-44-29-10-9-24(18-25(29)22-43-27-8-7-13-35-19-27)28(39)20-38-17-16-37(21-30(38)40)26-11-14-36(15-12-26)32(42)46-34(4,5)6/h7-10,13,18-19,26H,11-12,14-17,20-23H2,1-6H3. The summed E-state index contributed by atoms with van der Waals surface area (Å²) in [6.45, 7) is 13.1. The fourth-order valence-corrected chi connectivity index (χ4v) is 5.32. The average molecular weight is 639 g/mol. The van der Waals surface area contributed by atoms with Gasteiger partial charge < -0.3 is 28.7 Å². The molecule has 0 unspecified atom stereocenters. The van der Waals surface area contributed by atoms with Crippen LogP contribution in [-0.4, -0.2) is 107 Å². The van der Waals surface area contributed by atoms with Crippen LogP contribution < -0.4 is 9.47 Å². The molecule has 0 atom stereocenters. The van der Waals surface area contributed by atoms with Crippen LogP contribution in [0.5, 0.6) is 11.5 Å². The number of carbonyl (C=O) groups excluding carboxylic acids is 4. The van der Waals surface area contributed by atoms with Crippen molar-refractivity contribution in [3.8, 4) is 11.5 Å². The Labute approximate surface area is 270 Å². The van der Waals surface area contributed by atoms with E-state index in [0.717, 1.165) is 12.8 Å². The summed E-state index contributed by atoms with van der Waals surface area (Å²) in [4.78, 5) is 60.7. The Morgan fingerprint density at radius 1 is 0.913 bits per heavy atom. The zero-order chi connectivity index (χ0) is 33.5. The van der Waals surface area contributed by atoms with E-state index in [0.29, 0.717) is 48.8 Å². The van der Waals surface area contributed by atoms with E-state index in [1.165, 1.54) is 0 Å². The summed E-state index contributed by atoms with van der Waals surface area (Å²) < 4.78 is 22.5. The molecule has 0 saturated carbocycles. The maximum absolute atomic E-state index is 13.4. The Kier molecular flexibility index (Phi) is 11.3. The van der Waals surface area contributed by atoms with Gasteiger partial charge in [0.2, 0.25) is 5.91 Å². The summed E-state index contributed by atoms with van der Waals surface area (Å²) >= 11 is 0. The Bertz CT molecular complexity index is 1380. The number of aromatic nitrogens is 1. The van der Waals surface area contributed by atoms with Crippen molar-refractivity contribution < 1.29 is 38.1 Å². The average Bonchev–Trinajstić information content (AvgIpc) is 2.99. The minimum atomic E-state index is -0.648. The van der Waals surface area contributed by atoms with Gasteiger partial charge in [-0.05, 0) is 84.7 Å². The highest BCUT2D eigenvalue weighted by molar-refractivity contribution is 6.00. The molecule has 1 aromatic carbocycles. The van der Waals surface area contributed by atoms with Crippen molar-refractivity contribution in [2.24, 2.45) is 0 Å². The number of piperazine rings is 1. The number of hydrogen-bond donors (Lipinski definition) is 0. The van der Waals surface area contributed by atoms with Crippen LogP contribution in [0.2, 0.25) is 0 Å². The van der Waals surface area contributed by atoms with Crippen molar-refractivity contribution in [2.45, 2.75) is 78.2 Å². The fraction of sp³-hybridized carbons (Fsp3) is 0.559. The number of likely N-dealkylation sites (tertiary alicyclic amines) is 1. The first-order valence-electron chi connectivity index (χ1n) is 15.7. The first-order chi connectivity index (χ1) is 21.7. The normalized spacial score (nSPS) is 16.6. The number of rotatable bonds is 10. The molecule has 4 rings (SSSR count). The monoisotopic (exact) mass is 638 g/mol. The first kappa shape index (κ1) is 34.7. The lowest BCUT2D eigenvalue weighted by atomic mass is 10.0. The smallest absolute Gasteiger partial charge is 0.410 e. The number of ether oxygens (including phenoxy) is 4. The lowest BCUT2D eigenvalue weighted by Gasteiger charge is -2.42. The van der Waals surface area contributed by atoms with Crippen LogP contribution in [0.4, 0.5) is 4.79 Å². The van der Waals surface area contributed by atoms with Crippen molar-refractivity contribution in [2.75, 3.05) is 45.9 Å². The van der Waals surface area contributed by atoms with E-state index in [1.807, 2.05) is 20.8 Å². The number of ketones is 1. The number of carbonyl (C=O) groups is 4. The second kappa shape index (κ2) is 14.9. The van der Waals surface area contributed by atoms with Crippen molar-refractivity contribution >= 4 is 23.8 Å². The molecule has 2 fully saturated rings. The van der Waals surface area contributed by atoms with Crippen LogP contribution in [0, 0.1) is 0 Å². The summed E-state index contributed by atoms with van der Waals surface area (Å²) in [7, 11) is 0. The van der Waals surface area contributed by atoms with Gasteiger partial charge in [0.25, 0.3) is 0 Å². The van der Waals surface area contributed by atoms with E-state index in [4.69, 9.17) is 18.9 Å². The largest absolute Gasteiger partial charge is 0.487 e. The third kappa shape index (κ3) is 10.4. The molecule has 2 amide bonds. The van der Waals surface area contributed by atoms with Crippen LogP contribution in [0.3, 0.4) is 0 Å². The molecule has 12 nitrogen and oxygen atoms in total. The zero-order valence-electron chi connectivity index (χ0n) is 27.7. The molecule has 46 heavy (non-hydrogen) atoms. The first-order valence-corrected chi connectivity index (χ1v) is 15.7. The molecule has 0 radical (unpaired) electrons. The zero-order valence-corrected chi connectivity index (χ0v) is 27.7. The highest BCUT2D eigenvalue weighted by atomic mass is 16.6. The minimum Gasteiger partial charge on any atom is -0.487 e. The van der Waals surface area contributed by atoms with E-state index in [9.17, 15) is 19.2 Å². The summed E-state index contributed by atoms with van der Waals surface area (Å²) in [5.74, 6) is 0.0865. The van der Waals surface area contributed by atoms with Gasteiger partial charge in [-0.1, -0.05) is 0 Å². The van der Waals surface area contributed by atoms with Crippen molar-refractivity contribution in [3.05, 3.63) is 53.9 Å². The van der Waals surface area contributed by atoms with Crippen molar-refractivity contribution in [1.82, 2.24) is 19.7 Å². The quantitative estimate of drug-likeness (QED) is 0.277. The third-order valence-corrected chi connectivity index (χ3v) is 7.49. The summed E-state index contributed by atoms with van der Waals surface area (Å²) in [5, 5.41) is 0. The van der Waals surface area contributed by atoms with Gasteiger partial charge in [-0.15, -0.1) is 0 Å². The molecular formula is C34H46N4O8. The molecule has 2 aliphatic heterocycles. The highest BCUT2D eigenvalue weighted by Gasteiger charge is 2.34. The molecule has 0 N–H and O–H groups in total. The molecule has 2 aliphatic rings. The number of esters is 1. The van der Waals surface area contributed by atoms with E-state index in [-0.39, 0.29) is 50.1 Å². The highest BCUT2D eigenvalue weighted by Crippen LogP contribution is 2.25. The van der Waals surface area contributed by atoms with Crippen LogP contribution in [0.25, 0.3) is 0 Å². The Morgan fingerprint density at radius 3 is 2.26 bits per heavy atom. The van der Waals surface area contributed by atoms with Gasteiger partial charge in [0.05, 0.1) is 19.3 Å². The summed E-state index contributed by atoms with van der Waals surface area (Å²) in [5.41, 5.74) is -0.224. The van der Waals surface area contributed by atoms with Gasteiger partial charge in [-0.3, -0.25) is 19.5 Å². The predicted octanol–water partition coefficient (Wildman–Crippen LogP) is 4.11. The van der Waals surface area contributed by atoms with Crippen LogP contribution in [0.15, 0.2) is 42.7 Å². The van der Waals surface area contributed by atoms with Gasteiger partial charge >= 0.3 is 12.1 Å². The second-order valence-corrected chi connectivity index (χ2v) is 13.6. The third-order valence-electron chi connectivity index (χ3n) is 7.49. The van der Waals surface area contributed by atoms with Crippen molar-refractivity contribution in [1.29, 1.82) is 0 Å². The van der Waals surface area contributed by atoms with Gasteiger partial charge in [0, 0.05) is 49.5 Å². The molecule has 0 aliphatic carbocycles. The van der Waals surface area contributed by atoms with Gasteiger partial charge in [-0.2, -0.15) is 0 Å². The van der Waals surface area contributed by atoms with Crippen LogP contribution in [-0.2, 0) is 25.7 Å². The van der Waals surface area contributed by atoms with Gasteiger partial charge in [0.1, 0.15) is 29.3 Å². The molecule has 12 heteroatoms. The molecule has 2 aromatic rings. The van der Waals surface area contributed by atoms with Gasteiger partial charge in [-0.25, -0.2) is 9.59 Å². The molecule has 0 spiro atoms. The molecule has 0 bridgehead atoms. The molecule has 3 heterocycles. The minimum absolute atomic E-state index is 0.0508. The Balaban J connectivity index is 1.34. The number of piperidine rings is 1. The van der Waals surface area contributed by atoms with Crippen molar-refractivity contribution in [3.63, 3.8) is 0 Å². The Morgan fingerprint density at radius 2 is 1.63 bits per heavy atom. The SMILES string of the molecule is CC(C)(C)OC(=O)COc1ccc(C(=O)CN2CCN(C3CCN(C(=O)OC(C)(C)C)CC3)CC2=O)cc1COc1cccnc1. The lowest BCUT2D eigenvalue weighted by Crippen LogP contribution is -2.56. The molecule has 1 aromatic heterocycles. The van der Waals surface area contributed by atoms with Crippen LogP contribution >= 0.6 is 0 Å². The van der Waals surface area contributed by atoms with E-state index < -0.39 is 17.2 Å². The second-order valence-electron chi connectivity index (χ2n) is 13.6. The molecule has 250 valence electrons. The lowest BCUT2D eigenvalue weighted by molar-refractivity contribution is -0.157. The number of nitrogens with zero attached hydrogens (tertiary/aromatic N) is 4. The number of benzene rings is 1. The van der Waals surface area contributed by atoms with E-state index in [1.54, 1.807) is 73.3 Å².